The van der Waals surface area contributed by atoms with Crippen LogP contribution in [0.5, 0.6) is 0 Å². The van der Waals surface area contributed by atoms with Crippen molar-refractivity contribution in [2.45, 2.75) is 25.2 Å². The van der Waals surface area contributed by atoms with Gasteiger partial charge in [-0.3, -0.25) is 4.79 Å². The van der Waals surface area contributed by atoms with Gasteiger partial charge in [-0.2, -0.15) is 4.31 Å². The fourth-order valence-electron chi connectivity index (χ4n) is 2.46. The molecule has 128 valence electrons. The van der Waals surface area contributed by atoms with E-state index in [2.05, 4.69) is 0 Å². The van der Waals surface area contributed by atoms with Crippen molar-refractivity contribution in [3.8, 4) is 0 Å². The summed E-state index contributed by atoms with van der Waals surface area (Å²) >= 11 is 0. The number of carbonyl (C=O) groups is 1. The standard InChI is InChI=1S/C16H24N2O4S/c1-3-8-18(13-16(19)17-9-11-22-12-10-17)23(20,21)15-6-4-14(2)5-7-15/h4-7H,3,8-13H2,1-2H3. The second-order valence-corrected chi connectivity index (χ2v) is 7.58. The summed E-state index contributed by atoms with van der Waals surface area (Å²) in [4.78, 5) is 14.3. The van der Waals surface area contributed by atoms with E-state index in [1.165, 1.54) is 4.31 Å². The molecule has 0 saturated carbocycles. The van der Waals surface area contributed by atoms with Gasteiger partial charge in [-0.05, 0) is 25.5 Å². The molecule has 0 radical (unpaired) electrons. The minimum Gasteiger partial charge on any atom is -0.378 e. The van der Waals surface area contributed by atoms with Gasteiger partial charge in [-0.1, -0.05) is 24.6 Å². The van der Waals surface area contributed by atoms with Crippen LogP contribution < -0.4 is 0 Å². The lowest BCUT2D eigenvalue weighted by atomic mass is 10.2. The molecule has 0 unspecified atom stereocenters. The molecule has 0 aliphatic carbocycles. The summed E-state index contributed by atoms with van der Waals surface area (Å²) < 4.78 is 32.1. The first kappa shape index (κ1) is 17.9. The lowest BCUT2D eigenvalue weighted by Gasteiger charge is -2.29. The molecule has 1 amide bonds. The molecule has 1 aromatic carbocycles. The number of aryl methyl sites for hydroxylation is 1. The van der Waals surface area contributed by atoms with Gasteiger partial charge in [0.25, 0.3) is 0 Å². The molecule has 1 fully saturated rings. The van der Waals surface area contributed by atoms with E-state index < -0.39 is 10.0 Å². The molecule has 1 saturated heterocycles. The number of rotatable bonds is 6. The van der Waals surface area contributed by atoms with Crippen molar-refractivity contribution in [1.82, 2.24) is 9.21 Å². The minimum atomic E-state index is -3.66. The number of carbonyl (C=O) groups excluding carboxylic acids is 1. The number of hydrogen-bond donors (Lipinski definition) is 0. The van der Waals surface area contributed by atoms with Crippen molar-refractivity contribution in [2.24, 2.45) is 0 Å². The van der Waals surface area contributed by atoms with E-state index in [4.69, 9.17) is 4.74 Å². The third-order valence-corrected chi connectivity index (χ3v) is 5.67. The molecular weight excluding hydrogens is 316 g/mol. The normalized spacial score (nSPS) is 15.9. The smallest absolute Gasteiger partial charge is 0.243 e. The Balaban J connectivity index is 2.15. The van der Waals surface area contributed by atoms with Crippen LogP contribution in [0.25, 0.3) is 0 Å². The van der Waals surface area contributed by atoms with Gasteiger partial charge in [0.2, 0.25) is 15.9 Å². The average Bonchev–Trinajstić information content (AvgIpc) is 2.55. The van der Waals surface area contributed by atoms with E-state index in [9.17, 15) is 13.2 Å². The highest BCUT2D eigenvalue weighted by Gasteiger charge is 2.28. The van der Waals surface area contributed by atoms with Crippen LogP contribution >= 0.6 is 0 Å². The van der Waals surface area contributed by atoms with E-state index >= 15 is 0 Å². The van der Waals surface area contributed by atoms with Crippen molar-refractivity contribution in [3.05, 3.63) is 29.8 Å². The molecule has 1 aliphatic heterocycles. The molecule has 0 bridgehead atoms. The fraction of sp³-hybridized carbons (Fsp3) is 0.562. The van der Waals surface area contributed by atoms with Crippen molar-refractivity contribution in [3.63, 3.8) is 0 Å². The summed E-state index contributed by atoms with van der Waals surface area (Å²) in [6.07, 6.45) is 0.654. The molecule has 6 nitrogen and oxygen atoms in total. The Morgan fingerprint density at radius 2 is 1.83 bits per heavy atom. The quantitative estimate of drug-likeness (QED) is 0.782. The Morgan fingerprint density at radius 3 is 2.39 bits per heavy atom. The monoisotopic (exact) mass is 340 g/mol. The largest absolute Gasteiger partial charge is 0.378 e. The van der Waals surface area contributed by atoms with Gasteiger partial charge in [0.05, 0.1) is 24.7 Å². The zero-order chi connectivity index (χ0) is 16.9. The van der Waals surface area contributed by atoms with Crippen molar-refractivity contribution in [2.75, 3.05) is 39.4 Å². The van der Waals surface area contributed by atoms with Gasteiger partial charge in [-0.15, -0.1) is 0 Å². The van der Waals surface area contributed by atoms with Crippen LogP contribution in [0.15, 0.2) is 29.2 Å². The first-order chi connectivity index (χ1) is 10.9. The average molecular weight is 340 g/mol. The van der Waals surface area contributed by atoms with Crippen LogP contribution in [0.1, 0.15) is 18.9 Å². The number of amides is 1. The minimum absolute atomic E-state index is 0.121. The first-order valence-corrected chi connectivity index (χ1v) is 9.31. The maximum Gasteiger partial charge on any atom is 0.243 e. The van der Waals surface area contributed by atoms with Crippen LogP contribution in [0, 0.1) is 6.92 Å². The highest BCUT2D eigenvalue weighted by atomic mass is 32.2. The van der Waals surface area contributed by atoms with E-state index in [-0.39, 0.29) is 17.3 Å². The third-order valence-electron chi connectivity index (χ3n) is 3.81. The molecule has 23 heavy (non-hydrogen) atoms. The maximum atomic E-state index is 12.8. The van der Waals surface area contributed by atoms with Crippen LogP contribution in [0.4, 0.5) is 0 Å². The Morgan fingerprint density at radius 1 is 1.22 bits per heavy atom. The summed E-state index contributed by atoms with van der Waals surface area (Å²) in [6, 6.07) is 6.71. The Labute approximate surface area is 138 Å². The Hall–Kier alpha value is -1.44. The van der Waals surface area contributed by atoms with E-state index in [0.29, 0.717) is 39.3 Å². The van der Waals surface area contributed by atoms with Gasteiger partial charge in [0.1, 0.15) is 0 Å². The molecule has 7 heteroatoms. The molecule has 1 aliphatic rings. The number of morpholine rings is 1. The van der Waals surface area contributed by atoms with Crippen molar-refractivity contribution >= 4 is 15.9 Å². The van der Waals surface area contributed by atoms with Gasteiger partial charge in [-0.25, -0.2) is 8.42 Å². The lowest BCUT2D eigenvalue weighted by molar-refractivity contribution is -0.135. The predicted octanol–water partition coefficient (Wildman–Crippen LogP) is 1.25. The second-order valence-electron chi connectivity index (χ2n) is 5.64. The zero-order valence-electron chi connectivity index (χ0n) is 13.7. The fourth-order valence-corrected chi connectivity index (χ4v) is 3.94. The number of benzene rings is 1. The summed E-state index contributed by atoms with van der Waals surface area (Å²) in [5.41, 5.74) is 0.996. The highest BCUT2D eigenvalue weighted by Crippen LogP contribution is 2.17. The van der Waals surface area contributed by atoms with E-state index in [1.54, 1.807) is 29.2 Å². The molecule has 0 N–H and O–H groups in total. The summed E-state index contributed by atoms with van der Waals surface area (Å²) in [6.45, 7) is 6.05. The van der Waals surface area contributed by atoms with Gasteiger partial charge in [0, 0.05) is 19.6 Å². The molecule has 1 heterocycles. The van der Waals surface area contributed by atoms with Crippen LogP contribution in [-0.2, 0) is 19.6 Å². The molecule has 1 aromatic rings. The summed E-state index contributed by atoms with van der Waals surface area (Å²) in [5, 5.41) is 0. The number of sulfonamides is 1. The topological polar surface area (TPSA) is 66.9 Å². The first-order valence-electron chi connectivity index (χ1n) is 7.87. The van der Waals surface area contributed by atoms with Gasteiger partial charge in [0.15, 0.2) is 0 Å². The SMILES string of the molecule is CCCN(CC(=O)N1CCOCC1)S(=O)(=O)c1ccc(C)cc1. The van der Waals surface area contributed by atoms with Crippen molar-refractivity contribution in [1.29, 1.82) is 0 Å². The van der Waals surface area contributed by atoms with Crippen LogP contribution in [-0.4, -0.2) is 62.9 Å². The molecule has 0 atom stereocenters. The highest BCUT2D eigenvalue weighted by molar-refractivity contribution is 7.89. The molecule has 0 aromatic heterocycles. The predicted molar refractivity (Wildman–Crippen MR) is 87.6 cm³/mol. The van der Waals surface area contributed by atoms with Crippen LogP contribution in [0.2, 0.25) is 0 Å². The van der Waals surface area contributed by atoms with Crippen LogP contribution in [0.3, 0.4) is 0 Å². The van der Waals surface area contributed by atoms with Gasteiger partial charge < -0.3 is 9.64 Å². The number of ether oxygens (including phenoxy) is 1. The molecule has 2 rings (SSSR count). The summed E-state index contributed by atoms with van der Waals surface area (Å²) in [7, 11) is -3.66. The third kappa shape index (κ3) is 4.53. The molecular formula is C16H24N2O4S. The van der Waals surface area contributed by atoms with E-state index in [0.717, 1.165) is 5.56 Å². The number of nitrogens with zero attached hydrogens (tertiary/aromatic N) is 2. The maximum absolute atomic E-state index is 12.8. The van der Waals surface area contributed by atoms with Crippen molar-refractivity contribution < 1.29 is 17.9 Å². The Bertz CT molecular complexity index is 622. The number of hydrogen-bond acceptors (Lipinski definition) is 4. The summed E-state index contributed by atoms with van der Waals surface area (Å²) in [5.74, 6) is -0.169. The second kappa shape index (κ2) is 7.90. The van der Waals surface area contributed by atoms with Gasteiger partial charge >= 0.3 is 0 Å². The Kier molecular flexibility index (Phi) is 6.15. The molecule has 0 spiro atoms. The van der Waals surface area contributed by atoms with E-state index in [1.807, 2.05) is 13.8 Å². The lowest BCUT2D eigenvalue weighted by Crippen LogP contribution is -2.47. The zero-order valence-corrected chi connectivity index (χ0v) is 14.5.